The summed E-state index contributed by atoms with van der Waals surface area (Å²) in [6.07, 6.45) is 3.26. The maximum atomic E-state index is 11.4. The van der Waals surface area contributed by atoms with Crippen molar-refractivity contribution in [3.05, 3.63) is 40.9 Å². The van der Waals surface area contributed by atoms with Crippen LogP contribution in [0, 0.1) is 0 Å². The van der Waals surface area contributed by atoms with Gasteiger partial charge in [0.1, 0.15) is 0 Å². The van der Waals surface area contributed by atoms with Gasteiger partial charge in [-0.2, -0.15) is 0 Å². The number of amides is 1. The third kappa shape index (κ3) is 6.62. The monoisotopic (exact) mass is 281 g/mol. The number of carbonyl (C=O) groups excluding carboxylic acids is 2. The van der Waals surface area contributed by atoms with Crippen LogP contribution < -0.4 is 5.32 Å². The summed E-state index contributed by atoms with van der Waals surface area (Å²) in [7, 11) is 0. The molecular weight excluding hydrogens is 266 g/mol. The molecule has 0 saturated heterocycles. The van der Waals surface area contributed by atoms with E-state index in [1.807, 2.05) is 12.1 Å². The molecule has 0 aliphatic rings. The van der Waals surface area contributed by atoms with Crippen LogP contribution >= 0.6 is 11.6 Å². The molecule has 1 rings (SSSR count). The van der Waals surface area contributed by atoms with E-state index < -0.39 is 0 Å². The molecule has 0 unspecified atom stereocenters. The van der Waals surface area contributed by atoms with Crippen molar-refractivity contribution in [2.75, 3.05) is 13.2 Å². The maximum absolute atomic E-state index is 11.4. The lowest BCUT2D eigenvalue weighted by Gasteiger charge is -2.02. The minimum Gasteiger partial charge on any atom is -0.466 e. The minimum absolute atomic E-state index is 0.175. The molecular formula is C14H16ClNO3. The highest BCUT2D eigenvalue weighted by molar-refractivity contribution is 6.30. The molecule has 0 atom stereocenters. The first-order valence-electron chi connectivity index (χ1n) is 5.99. The number of carbonyl (C=O) groups is 2. The Morgan fingerprint density at radius 2 is 2.00 bits per heavy atom. The standard InChI is InChI=1S/C14H16ClNO3/c1-2-19-14(18)9-10-16-13(17)8-5-11-3-6-12(15)7-4-11/h3-8H,2,9-10H2,1H3,(H,16,17). The average Bonchev–Trinajstić information content (AvgIpc) is 2.38. The van der Waals surface area contributed by atoms with E-state index in [0.717, 1.165) is 5.56 Å². The predicted octanol–water partition coefficient (Wildman–Crippen LogP) is 2.42. The molecule has 0 spiro atoms. The third-order valence-electron chi connectivity index (χ3n) is 2.23. The van der Waals surface area contributed by atoms with Crippen LogP contribution in [0.1, 0.15) is 18.9 Å². The zero-order valence-electron chi connectivity index (χ0n) is 10.7. The van der Waals surface area contributed by atoms with E-state index in [-0.39, 0.29) is 24.8 Å². The van der Waals surface area contributed by atoms with E-state index in [1.165, 1.54) is 6.08 Å². The van der Waals surface area contributed by atoms with E-state index in [1.54, 1.807) is 25.1 Å². The Morgan fingerprint density at radius 3 is 2.63 bits per heavy atom. The van der Waals surface area contributed by atoms with Gasteiger partial charge in [0, 0.05) is 17.6 Å². The van der Waals surface area contributed by atoms with Crippen LogP contribution in [0.5, 0.6) is 0 Å². The zero-order valence-corrected chi connectivity index (χ0v) is 11.4. The molecule has 0 bridgehead atoms. The van der Waals surface area contributed by atoms with Gasteiger partial charge in [-0.15, -0.1) is 0 Å². The van der Waals surface area contributed by atoms with E-state index in [2.05, 4.69) is 5.32 Å². The molecule has 102 valence electrons. The summed E-state index contributed by atoms with van der Waals surface area (Å²) in [5.41, 5.74) is 0.880. The second-order valence-electron chi connectivity index (χ2n) is 3.73. The number of rotatable bonds is 6. The second-order valence-corrected chi connectivity index (χ2v) is 4.17. The average molecular weight is 282 g/mol. The fraction of sp³-hybridized carbons (Fsp3) is 0.286. The van der Waals surface area contributed by atoms with Crippen LogP contribution in [-0.4, -0.2) is 25.0 Å². The fourth-order valence-electron chi connectivity index (χ4n) is 1.33. The molecule has 5 heteroatoms. The van der Waals surface area contributed by atoms with E-state index in [4.69, 9.17) is 16.3 Å². The molecule has 4 nitrogen and oxygen atoms in total. The summed E-state index contributed by atoms with van der Waals surface area (Å²) in [6.45, 7) is 2.36. The van der Waals surface area contributed by atoms with E-state index in [9.17, 15) is 9.59 Å². The summed E-state index contributed by atoms with van der Waals surface area (Å²) in [6, 6.07) is 7.12. The first kappa shape index (κ1) is 15.2. The first-order chi connectivity index (χ1) is 9.11. The van der Waals surface area contributed by atoms with Crippen molar-refractivity contribution in [1.29, 1.82) is 0 Å². The molecule has 0 aliphatic carbocycles. The van der Waals surface area contributed by atoms with Crippen LogP contribution in [0.25, 0.3) is 6.08 Å². The van der Waals surface area contributed by atoms with Gasteiger partial charge in [0.15, 0.2) is 0 Å². The number of esters is 1. The van der Waals surface area contributed by atoms with Crippen molar-refractivity contribution in [3.8, 4) is 0 Å². The van der Waals surface area contributed by atoms with Crippen LogP contribution in [0.3, 0.4) is 0 Å². The van der Waals surface area contributed by atoms with Crippen molar-refractivity contribution in [2.24, 2.45) is 0 Å². The number of nitrogens with one attached hydrogen (secondary N) is 1. The molecule has 0 saturated carbocycles. The highest BCUT2D eigenvalue weighted by atomic mass is 35.5. The number of hydrogen-bond donors (Lipinski definition) is 1. The van der Waals surface area contributed by atoms with E-state index in [0.29, 0.717) is 11.6 Å². The SMILES string of the molecule is CCOC(=O)CCNC(=O)C=Cc1ccc(Cl)cc1. The number of halogens is 1. The molecule has 19 heavy (non-hydrogen) atoms. The van der Waals surface area contributed by atoms with Crippen LogP contribution in [0.4, 0.5) is 0 Å². The van der Waals surface area contributed by atoms with Crippen LogP contribution in [0.15, 0.2) is 30.3 Å². The van der Waals surface area contributed by atoms with Crippen molar-refractivity contribution in [1.82, 2.24) is 5.32 Å². The lowest BCUT2D eigenvalue weighted by atomic mass is 10.2. The minimum atomic E-state index is -0.315. The van der Waals surface area contributed by atoms with Crippen molar-refractivity contribution >= 4 is 29.6 Å². The summed E-state index contributed by atoms with van der Waals surface area (Å²) in [5.74, 6) is -0.566. The maximum Gasteiger partial charge on any atom is 0.307 e. The lowest BCUT2D eigenvalue weighted by Crippen LogP contribution is -2.24. The Hall–Kier alpha value is -1.81. The number of benzene rings is 1. The highest BCUT2D eigenvalue weighted by Gasteiger charge is 2.01. The van der Waals surface area contributed by atoms with Gasteiger partial charge in [-0.3, -0.25) is 9.59 Å². The molecule has 1 aromatic carbocycles. The van der Waals surface area contributed by atoms with Gasteiger partial charge in [-0.05, 0) is 30.7 Å². The third-order valence-corrected chi connectivity index (χ3v) is 2.48. The Kier molecular flexibility index (Phi) is 6.68. The Balaban J connectivity index is 2.31. The molecule has 0 fully saturated rings. The highest BCUT2D eigenvalue weighted by Crippen LogP contribution is 2.10. The zero-order chi connectivity index (χ0) is 14.1. The Labute approximate surface area is 117 Å². The van der Waals surface area contributed by atoms with Gasteiger partial charge in [-0.1, -0.05) is 23.7 Å². The quantitative estimate of drug-likeness (QED) is 0.643. The van der Waals surface area contributed by atoms with Crippen molar-refractivity contribution in [2.45, 2.75) is 13.3 Å². The van der Waals surface area contributed by atoms with Crippen molar-refractivity contribution in [3.63, 3.8) is 0 Å². The second kappa shape index (κ2) is 8.32. The van der Waals surface area contributed by atoms with Gasteiger partial charge in [0.25, 0.3) is 0 Å². The molecule has 0 heterocycles. The Morgan fingerprint density at radius 1 is 1.32 bits per heavy atom. The smallest absolute Gasteiger partial charge is 0.307 e. The summed E-state index contributed by atoms with van der Waals surface area (Å²) >= 11 is 5.75. The van der Waals surface area contributed by atoms with Crippen LogP contribution in [0.2, 0.25) is 5.02 Å². The first-order valence-corrected chi connectivity index (χ1v) is 6.36. The number of ether oxygens (including phenoxy) is 1. The molecule has 0 aliphatic heterocycles. The molecule has 0 aromatic heterocycles. The lowest BCUT2D eigenvalue weighted by molar-refractivity contribution is -0.142. The topological polar surface area (TPSA) is 55.4 Å². The molecule has 0 radical (unpaired) electrons. The van der Waals surface area contributed by atoms with E-state index >= 15 is 0 Å². The van der Waals surface area contributed by atoms with Gasteiger partial charge in [0.2, 0.25) is 5.91 Å². The van der Waals surface area contributed by atoms with Gasteiger partial charge >= 0.3 is 5.97 Å². The normalized spacial score (nSPS) is 10.4. The van der Waals surface area contributed by atoms with Gasteiger partial charge in [-0.25, -0.2) is 0 Å². The van der Waals surface area contributed by atoms with Crippen molar-refractivity contribution < 1.29 is 14.3 Å². The molecule has 1 N–H and O–H groups in total. The fourth-order valence-corrected chi connectivity index (χ4v) is 1.45. The molecule has 1 aromatic rings. The van der Waals surface area contributed by atoms with Gasteiger partial charge in [0.05, 0.1) is 13.0 Å². The Bertz CT molecular complexity index is 454. The largest absolute Gasteiger partial charge is 0.466 e. The summed E-state index contributed by atoms with van der Waals surface area (Å²) < 4.78 is 4.74. The predicted molar refractivity (Wildman–Crippen MR) is 74.7 cm³/mol. The van der Waals surface area contributed by atoms with Gasteiger partial charge < -0.3 is 10.1 Å². The van der Waals surface area contributed by atoms with Crippen LogP contribution in [-0.2, 0) is 14.3 Å². The summed E-state index contributed by atoms with van der Waals surface area (Å²) in [4.78, 5) is 22.5. The molecule has 1 amide bonds. The summed E-state index contributed by atoms with van der Waals surface area (Å²) in [5, 5.41) is 3.25. The number of hydrogen-bond acceptors (Lipinski definition) is 3.